The largest absolute Gasteiger partial charge is 0.463 e. The van der Waals surface area contributed by atoms with E-state index in [2.05, 4.69) is 4.98 Å². The number of carbonyl (C=O) groups excluding carboxylic acids is 2. The zero-order valence-electron chi connectivity index (χ0n) is 15.9. The fourth-order valence-corrected chi connectivity index (χ4v) is 3.86. The molecule has 0 amide bonds. The molecule has 2 heterocycles. The Kier molecular flexibility index (Phi) is 6.03. The summed E-state index contributed by atoms with van der Waals surface area (Å²) in [6.07, 6.45) is 3.29. The van der Waals surface area contributed by atoms with Gasteiger partial charge in [0.05, 0.1) is 13.7 Å². The highest BCUT2D eigenvalue weighted by Gasteiger charge is 2.51. The molecule has 4 rings (SSSR count). The number of ether oxygens (including phenoxy) is 2. The maximum Gasteiger partial charge on any atom is 0.374 e. The van der Waals surface area contributed by atoms with Gasteiger partial charge in [0, 0.05) is 18.8 Å². The number of aromatic nitrogens is 2. The van der Waals surface area contributed by atoms with Crippen molar-refractivity contribution in [2.75, 3.05) is 7.11 Å². The van der Waals surface area contributed by atoms with E-state index in [9.17, 15) is 9.59 Å². The summed E-state index contributed by atoms with van der Waals surface area (Å²) < 4.78 is 12.2. The third-order valence-electron chi connectivity index (χ3n) is 5.17. The lowest BCUT2D eigenvalue weighted by Gasteiger charge is -2.26. The van der Waals surface area contributed by atoms with Crippen molar-refractivity contribution in [3.63, 3.8) is 0 Å². The summed E-state index contributed by atoms with van der Waals surface area (Å²) in [5.41, 5.74) is 0.916. The molecule has 1 fully saturated rings. The number of rotatable bonds is 5. The van der Waals surface area contributed by atoms with Crippen molar-refractivity contribution in [2.24, 2.45) is 0 Å². The van der Waals surface area contributed by atoms with E-state index < -0.39 is 17.5 Å². The second kappa shape index (κ2) is 8.49. The normalized spacial score (nSPS) is 17.3. The van der Waals surface area contributed by atoms with Crippen LogP contribution in [-0.4, -0.2) is 34.7 Å². The molecule has 1 aliphatic heterocycles. The van der Waals surface area contributed by atoms with Gasteiger partial charge in [-0.3, -0.25) is 4.79 Å². The van der Waals surface area contributed by atoms with E-state index in [4.69, 9.17) is 9.47 Å². The molecule has 0 aliphatic carbocycles. The molecular weight excluding hydrogens is 392 g/mol. The number of nitrogens with zero attached hydrogens (tertiary/aromatic N) is 2. The predicted molar refractivity (Wildman–Crippen MR) is 109 cm³/mol. The second-order valence-electron chi connectivity index (χ2n) is 6.76. The summed E-state index contributed by atoms with van der Waals surface area (Å²) in [4.78, 5) is 29.1. The van der Waals surface area contributed by atoms with Gasteiger partial charge in [-0.2, -0.15) is 0 Å². The van der Waals surface area contributed by atoms with Crippen LogP contribution in [0.15, 0.2) is 73.1 Å². The first kappa shape index (κ1) is 20.6. The number of hydrogen-bond donors (Lipinski definition) is 0. The fourth-order valence-electron chi connectivity index (χ4n) is 3.86. The molecule has 0 saturated carbocycles. The van der Waals surface area contributed by atoms with Crippen molar-refractivity contribution < 1.29 is 19.1 Å². The van der Waals surface area contributed by atoms with E-state index in [1.807, 2.05) is 60.7 Å². The van der Waals surface area contributed by atoms with Gasteiger partial charge in [0.1, 0.15) is 11.5 Å². The first-order valence-electron chi connectivity index (χ1n) is 9.07. The lowest BCUT2D eigenvalue weighted by atomic mass is 9.72. The Labute approximate surface area is 174 Å². The van der Waals surface area contributed by atoms with Crippen molar-refractivity contribution in [3.8, 4) is 0 Å². The molecule has 0 radical (unpaired) electrons. The highest BCUT2D eigenvalue weighted by molar-refractivity contribution is 5.90. The average Bonchev–Trinajstić information content (AvgIpc) is 3.33. The molecule has 0 spiro atoms. The zero-order chi connectivity index (χ0) is 19.6. The number of methoxy groups -OCH3 is 1. The van der Waals surface area contributed by atoms with Gasteiger partial charge < -0.3 is 14.0 Å². The number of halogens is 1. The molecule has 1 atom stereocenters. The number of esters is 2. The van der Waals surface area contributed by atoms with Gasteiger partial charge in [-0.1, -0.05) is 60.7 Å². The summed E-state index contributed by atoms with van der Waals surface area (Å²) in [7, 11) is 1.31. The van der Waals surface area contributed by atoms with Crippen LogP contribution in [0.2, 0.25) is 0 Å². The van der Waals surface area contributed by atoms with Crippen LogP contribution in [-0.2, 0) is 26.2 Å². The number of hydrogen-bond acceptors (Lipinski definition) is 5. The van der Waals surface area contributed by atoms with Crippen LogP contribution in [0.5, 0.6) is 0 Å². The van der Waals surface area contributed by atoms with Crippen molar-refractivity contribution >= 4 is 24.3 Å². The minimum Gasteiger partial charge on any atom is -0.463 e. The van der Waals surface area contributed by atoms with Gasteiger partial charge in [0.25, 0.3) is 0 Å². The summed E-state index contributed by atoms with van der Waals surface area (Å²) in [5, 5.41) is 0. The number of imidazole rings is 1. The van der Waals surface area contributed by atoms with Gasteiger partial charge in [-0.05, 0) is 11.1 Å². The third kappa shape index (κ3) is 3.63. The van der Waals surface area contributed by atoms with Crippen LogP contribution in [0.3, 0.4) is 0 Å². The van der Waals surface area contributed by atoms with Gasteiger partial charge in [0.15, 0.2) is 0 Å². The molecule has 1 unspecified atom stereocenters. The average molecular weight is 413 g/mol. The van der Waals surface area contributed by atoms with Gasteiger partial charge in [-0.15, -0.1) is 12.4 Å². The Morgan fingerprint density at radius 3 is 2.28 bits per heavy atom. The highest BCUT2D eigenvalue weighted by atomic mass is 35.5. The van der Waals surface area contributed by atoms with E-state index in [-0.39, 0.29) is 24.2 Å². The SMILES string of the molecule is COC(=O)c1nccn1CC1CC(c2ccccc2)(c2ccccc2)C(=O)O1.Cl. The molecular formula is C22H21ClN2O4. The standard InChI is InChI=1S/C22H20N2O4.ClH/c1-27-20(25)19-23-12-13-24(19)15-18-14-22(21(26)28-18,16-8-4-2-5-9-16)17-10-6-3-7-11-17;/h2-13,18H,14-15H2,1H3;1H. The predicted octanol–water partition coefficient (Wildman–Crippen LogP) is 3.39. The summed E-state index contributed by atoms with van der Waals surface area (Å²) in [6, 6.07) is 19.3. The molecule has 0 N–H and O–H groups in total. The van der Waals surface area contributed by atoms with Crippen molar-refractivity contribution in [3.05, 3.63) is 90.0 Å². The summed E-state index contributed by atoms with van der Waals surface area (Å²) >= 11 is 0. The molecule has 7 heteroatoms. The molecule has 3 aromatic rings. The Balaban J connectivity index is 0.00000240. The fraction of sp³-hybridized carbons (Fsp3) is 0.227. The van der Waals surface area contributed by atoms with Crippen molar-refractivity contribution in [1.29, 1.82) is 0 Å². The Bertz CT molecular complexity index is 949. The van der Waals surface area contributed by atoms with E-state index in [1.165, 1.54) is 13.3 Å². The zero-order valence-corrected chi connectivity index (χ0v) is 16.7. The number of cyclic esters (lactones) is 1. The highest BCUT2D eigenvalue weighted by Crippen LogP contribution is 2.43. The minimum absolute atomic E-state index is 0. The molecule has 1 aliphatic rings. The molecule has 1 saturated heterocycles. The molecule has 6 nitrogen and oxygen atoms in total. The topological polar surface area (TPSA) is 70.4 Å². The third-order valence-corrected chi connectivity index (χ3v) is 5.17. The Morgan fingerprint density at radius 1 is 1.14 bits per heavy atom. The smallest absolute Gasteiger partial charge is 0.374 e. The lowest BCUT2D eigenvalue weighted by Crippen LogP contribution is -2.33. The van der Waals surface area contributed by atoms with E-state index >= 15 is 0 Å². The first-order valence-corrected chi connectivity index (χ1v) is 9.07. The van der Waals surface area contributed by atoms with Gasteiger partial charge >= 0.3 is 11.9 Å². The van der Waals surface area contributed by atoms with Crippen LogP contribution in [0.25, 0.3) is 0 Å². The van der Waals surface area contributed by atoms with Crippen molar-refractivity contribution in [2.45, 2.75) is 24.5 Å². The molecule has 29 heavy (non-hydrogen) atoms. The molecule has 2 aromatic carbocycles. The Hall–Kier alpha value is -3.12. The molecule has 0 bridgehead atoms. The van der Waals surface area contributed by atoms with Crippen molar-refractivity contribution in [1.82, 2.24) is 9.55 Å². The maximum absolute atomic E-state index is 13.2. The van der Waals surface area contributed by atoms with Crippen LogP contribution >= 0.6 is 12.4 Å². The summed E-state index contributed by atoms with van der Waals surface area (Å²) in [6.45, 7) is 0.331. The van der Waals surface area contributed by atoms with Gasteiger partial charge in [0.2, 0.25) is 5.82 Å². The van der Waals surface area contributed by atoms with Crippen LogP contribution in [0, 0.1) is 0 Å². The molecule has 1 aromatic heterocycles. The number of benzene rings is 2. The minimum atomic E-state index is -0.876. The van der Waals surface area contributed by atoms with Crippen LogP contribution < -0.4 is 0 Å². The molecule has 150 valence electrons. The second-order valence-corrected chi connectivity index (χ2v) is 6.76. The van der Waals surface area contributed by atoms with E-state index in [1.54, 1.807) is 10.8 Å². The number of carbonyl (C=O) groups is 2. The van der Waals surface area contributed by atoms with Gasteiger partial charge in [-0.25, -0.2) is 9.78 Å². The van der Waals surface area contributed by atoms with Crippen LogP contribution in [0.4, 0.5) is 0 Å². The van der Waals surface area contributed by atoms with E-state index in [0.29, 0.717) is 13.0 Å². The lowest BCUT2D eigenvalue weighted by molar-refractivity contribution is -0.145. The maximum atomic E-state index is 13.2. The monoisotopic (exact) mass is 412 g/mol. The quantitative estimate of drug-likeness (QED) is 0.601. The van der Waals surface area contributed by atoms with Crippen LogP contribution in [0.1, 0.15) is 28.2 Å². The Morgan fingerprint density at radius 2 is 1.72 bits per heavy atom. The van der Waals surface area contributed by atoms with E-state index in [0.717, 1.165) is 11.1 Å². The first-order chi connectivity index (χ1) is 13.6. The summed E-state index contributed by atoms with van der Waals surface area (Å²) in [5.74, 6) is -0.614.